The molecule has 1 aromatic carbocycles. The number of aromatic nitrogens is 1. The molecule has 0 radical (unpaired) electrons. The van der Waals surface area contributed by atoms with Crippen molar-refractivity contribution in [2.75, 3.05) is 19.6 Å². The summed E-state index contributed by atoms with van der Waals surface area (Å²) >= 11 is 1.71. The van der Waals surface area contributed by atoms with E-state index in [9.17, 15) is 8.78 Å². The van der Waals surface area contributed by atoms with Crippen LogP contribution in [0.5, 0.6) is 0 Å². The maximum atomic E-state index is 13.4. The molecule has 1 aromatic heterocycles. The van der Waals surface area contributed by atoms with Gasteiger partial charge >= 0.3 is 0 Å². The van der Waals surface area contributed by atoms with Crippen molar-refractivity contribution in [1.29, 1.82) is 0 Å². The number of rotatable bonds is 7. The second-order valence-electron chi connectivity index (χ2n) is 7.21. The third-order valence-electron chi connectivity index (χ3n) is 4.99. The number of likely N-dealkylation sites (tertiary alicyclic amines) is 1. The quantitative estimate of drug-likeness (QED) is 0.307. The van der Waals surface area contributed by atoms with Crippen molar-refractivity contribution in [2.24, 2.45) is 4.99 Å². The summed E-state index contributed by atoms with van der Waals surface area (Å²) in [5.41, 5.74) is 0.806. The van der Waals surface area contributed by atoms with E-state index in [1.54, 1.807) is 17.4 Å². The molecule has 2 heterocycles. The van der Waals surface area contributed by atoms with Crippen molar-refractivity contribution in [3.63, 3.8) is 0 Å². The van der Waals surface area contributed by atoms with E-state index in [1.165, 1.54) is 17.0 Å². The molecule has 0 atom stereocenters. The lowest BCUT2D eigenvalue weighted by molar-refractivity contribution is 0.198. The summed E-state index contributed by atoms with van der Waals surface area (Å²) in [6.45, 7) is 8.02. The van der Waals surface area contributed by atoms with Crippen LogP contribution in [-0.4, -0.2) is 41.5 Å². The molecule has 5 nitrogen and oxygen atoms in total. The molecule has 0 spiro atoms. The summed E-state index contributed by atoms with van der Waals surface area (Å²) in [6, 6.07) is 4.49. The fraction of sp³-hybridized carbons (Fsp3) is 0.524. The summed E-state index contributed by atoms with van der Waals surface area (Å²) in [7, 11) is 0. The normalized spacial score (nSPS) is 15.7. The Kier molecular flexibility index (Phi) is 10.4. The van der Waals surface area contributed by atoms with Gasteiger partial charge in [0.15, 0.2) is 17.6 Å². The summed E-state index contributed by atoms with van der Waals surface area (Å²) in [6.07, 6.45) is 4.89. The first-order valence-corrected chi connectivity index (χ1v) is 11.0. The molecule has 9 heteroatoms. The minimum atomic E-state index is -0.796. The molecule has 30 heavy (non-hydrogen) atoms. The highest BCUT2D eigenvalue weighted by atomic mass is 127. The molecule has 1 fully saturated rings. The van der Waals surface area contributed by atoms with Crippen LogP contribution in [0.2, 0.25) is 0 Å². The summed E-state index contributed by atoms with van der Waals surface area (Å²) in [5.74, 6) is -0.757. The number of nitrogens with zero attached hydrogens (tertiary/aromatic N) is 3. The number of hydrogen-bond donors (Lipinski definition) is 2. The van der Waals surface area contributed by atoms with E-state index in [1.807, 2.05) is 6.20 Å². The highest BCUT2D eigenvalue weighted by molar-refractivity contribution is 14.0. The third-order valence-corrected chi connectivity index (χ3v) is 6.11. The molecule has 1 aliphatic rings. The van der Waals surface area contributed by atoms with Crippen LogP contribution in [-0.2, 0) is 19.5 Å². The Bertz CT molecular complexity index is 821. The van der Waals surface area contributed by atoms with Gasteiger partial charge in [0, 0.05) is 43.3 Å². The highest BCUT2D eigenvalue weighted by Crippen LogP contribution is 2.17. The first-order chi connectivity index (χ1) is 14.1. The Morgan fingerprint density at radius 1 is 1.23 bits per heavy atom. The highest BCUT2D eigenvalue weighted by Gasteiger charge is 2.20. The Morgan fingerprint density at radius 3 is 2.63 bits per heavy atom. The minimum Gasteiger partial charge on any atom is -0.357 e. The smallest absolute Gasteiger partial charge is 0.191 e. The van der Waals surface area contributed by atoms with E-state index in [2.05, 4.69) is 39.4 Å². The number of thiazole rings is 1. The van der Waals surface area contributed by atoms with Crippen LogP contribution >= 0.6 is 35.3 Å². The number of halogens is 3. The molecule has 0 bridgehead atoms. The van der Waals surface area contributed by atoms with Gasteiger partial charge in [0.25, 0.3) is 0 Å². The number of nitrogens with one attached hydrogen (secondary N) is 2. The lowest BCUT2D eigenvalue weighted by Gasteiger charge is -2.33. The van der Waals surface area contributed by atoms with Gasteiger partial charge in [-0.2, -0.15) is 0 Å². The van der Waals surface area contributed by atoms with Crippen molar-refractivity contribution in [3.8, 4) is 0 Å². The monoisotopic (exact) mass is 549 g/mol. The first-order valence-electron chi connectivity index (χ1n) is 10.2. The molecule has 1 aliphatic heterocycles. The first kappa shape index (κ1) is 24.9. The van der Waals surface area contributed by atoms with E-state index in [0.29, 0.717) is 19.1 Å². The van der Waals surface area contributed by atoms with Crippen molar-refractivity contribution in [1.82, 2.24) is 20.5 Å². The second-order valence-corrected chi connectivity index (χ2v) is 8.41. The van der Waals surface area contributed by atoms with E-state index in [-0.39, 0.29) is 24.0 Å². The average Bonchev–Trinajstić information content (AvgIpc) is 3.19. The topological polar surface area (TPSA) is 52.6 Å². The van der Waals surface area contributed by atoms with E-state index < -0.39 is 11.6 Å². The van der Waals surface area contributed by atoms with Gasteiger partial charge in [0.1, 0.15) is 5.01 Å². The van der Waals surface area contributed by atoms with Crippen molar-refractivity contribution >= 4 is 41.3 Å². The molecule has 0 aliphatic carbocycles. The summed E-state index contributed by atoms with van der Waals surface area (Å²) in [5, 5.41) is 7.86. The third kappa shape index (κ3) is 7.42. The molecule has 3 rings (SSSR count). The van der Waals surface area contributed by atoms with Crippen molar-refractivity contribution < 1.29 is 8.78 Å². The van der Waals surface area contributed by atoms with Gasteiger partial charge in [0.2, 0.25) is 0 Å². The number of benzene rings is 1. The average molecular weight is 549 g/mol. The maximum absolute atomic E-state index is 13.4. The Balaban J connectivity index is 0.00000320. The Labute approximate surface area is 198 Å². The van der Waals surface area contributed by atoms with Gasteiger partial charge in [-0.1, -0.05) is 13.0 Å². The summed E-state index contributed by atoms with van der Waals surface area (Å²) < 4.78 is 26.5. The van der Waals surface area contributed by atoms with Crippen LogP contribution in [0.3, 0.4) is 0 Å². The molecular formula is C21H30F2IN5S. The van der Waals surface area contributed by atoms with Crippen LogP contribution in [0.4, 0.5) is 8.78 Å². The van der Waals surface area contributed by atoms with Crippen LogP contribution in [0.15, 0.2) is 29.4 Å². The zero-order valence-corrected chi connectivity index (χ0v) is 20.6. The number of guanidine groups is 1. The number of aliphatic imine (C=N–C) groups is 1. The number of piperidine rings is 1. The molecule has 0 saturated carbocycles. The molecule has 0 amide bonds. The minimum absolute atomic E-state index is 0. The lowest BCUT2D eigenvalue weighted by Crippen LogP contribution is -2.48. The predicted molar refractivity (Wildman–Crippen MR) is 130 cm³/mol. The van der Waals surface area contributed by atoms with Gasteiger partial charge < -0.3 is 10.6 Å². The van der Waals surface area contributed by atoms with Crippen LogP contribution < -0.4 is 10.6 Å². The van der Waals surface area contributed by atoms with E-state index in [0.717, 1.165) is 55.4 Å². The molecular weight excluding hydrogens is 519 g/mol. The fourth-order valence-electron chi connectivity index (χ4n) is 3.38. The van der Waals surface area contributed by atoms with Gasteiger partial charge in [-0.05, 0) is 43.9 Å². The molecule has 0 unspecified atom stereocenters. The number of aryl methyl sites for hydroxylation is 1. The van der Waals surface area contributed by atoms with Gasteiger partial charge in [0.05, 0.1) is 6.54 Å². The standard InChI is InChI=1S/C21H29F2N5S.HI/c1-3-17-12-25-20(29-17)13-26-21(24-4-2)27-16-7-9-28(10-8-16)14-15-5-6-18(22)19(23)11-15;/h5-6,11-12,16H,3-4,7-10,13-14H2,1-2H3,(H2,24,26,27);1H. The predicted octanol–water partition coefficient (Wildman–Crippen LogP) is 4.32. The summed E-state index contributed by atoms with van der Waals surface area (Å²) in [4.78, 5) is 12.7. The Morgan fingerprint density at radius 2 is 2.00 bits per heavy atom. The molecule has 1 saturated heterocycles. The molecule has 2 aromatic rings. The number of hydrogen-bond acceptors (Lipinski definition) is 4. The fourth-order valence-corrected chi connectivity index (χ4v) is 4.16. The Hall–Kier alpha value is -1.33. The largest absolute Gasteiger partial charge is 0.357 e. The van der Waals surface area contributed by atoms with E-state index in [4.69, 9.17) is 0 Å². The zero-order chi connectivity index (χ0) is 20.6. The van der Waals surface area contributed by atoms with E-state index >= 15 is 0 Å². The maximum Gasteiger partial charge on any atom is 0.191 e. The van der Waals surface area contributed by atoms with Gasteiger partial charge in [-0.15, -0.1) is 35.3 Å². The SMILES string of the molecule is CCNC(=NCc1ncc(CC)s1)NC1CCN(Cc2ccc(F)c(F)c2)CC1.I. The second kappa shape index (κ2) is 12.5. The zero-order valence-electron chi connectivity index (χ0n) is 17.5. The van der Waals surface area contributed by atoms with Crippen LogP contribution in [0.25, 0.3) is 0 Å². The van der Waals surface area contributed by atoms with Crippen LogP contribution in [0.1, 0.15) is 42.1 Å². The lowest BCUT2D eigenvalue weighted by atomic mass is 10.0. The molecule has 2 N–H and O–H groups in total. The van der Waals surface area contributed by atoms with Gasteiger partial charge in [-0.25, -0.2) is 18.8 Å². The van der Waals surface area contributed by atoms with Crippen molar-refractivity contribution in [2.45, 2.75) is 52.2 Å². The van der Waals surface area contributed by atoms with Gasteiger partial charge in [-0.3, -0.25) is 4.90 Å². The van der Waals surface area contributed by atoms with Crippen molar-refractivity contribution in [3.05, 3.63) is 51.5 Å². The van der Waals surface area contributed by atoms with Crippen LogP contribution in [0, 0.1) is 11.6 Å². The molecule has 166 valence electrons.